The number of hydrogen-bond acceptors (Lipinski definition) is 6. The van der Waals surface area contributed by atoms with E-state index in [0.29, 0.717) is 0 Å². The standard InChI is InChI=1S/C10H15N5O3/c1-10(2,9(12)16)5-13-8-4-6(15(17)18)3-7(11)14-8/h3-4H,5H2,1-2H3,(H2,12,16)(H3,11,13,14). The summed E-state index contributed by atoms with van der Waals surface area (Å²) in [5.74, 6) is -0.215. The molecule has 1 aromatic heterocycles. The van der Waals surface area contributed by atoms with Crippen molar-refractivity contribution in [1.82, 2.24) is 4.98 Å². The van der Waals surface area contributed by atoms with Crippen molar-refractivity contribution in [3.05, 3.63) is 22.2 Å². The predicted octanol–water partition coefficient (Wildman–Crippen LogP) is 0.495. The Morgan fingerprint density at radius 2 is 2.17 bits per heavy atom. The molecule has 0 radical (unpaired) electrons. The van der Waals surface area contributed by atoms with E-state index < -0.39 is 16.2 Å². The van der Waals surface area contributed by atoms with E-state index in [2.05, 4.69) is 10.3 Å². The summed E-state index contributed by atoms with van der Waals surface area (Å²) in [6, 6.07) is 2.40. The molecule has 0 aliphatic carbocycles. The zero-order chi connectivity index (χ0) is 13.9. The molecule has 5 N–H and O–H groups in total. The number of nitrogen functional groups attached to an aromatic ring is 1. The molecular weight excluding hydrogens is 238 g/mol. The van der Waals surface area contributed by atoms with Gasteiger partial charge in [-0.25, -0.2) is 4.98 Å². The molecule has 1 aromatic rings. The first-order valence-corrected chi connectivity index (χ1v) is 5.18. The van der Waals surface area contributed by atoms with Gasteiger partial charge in [0.1, 0.15) is 11.6 Å². The second-order valence-corrected chi connectivity index (χ2v) is 4.49. The highest BCUT2D eigenvalue weighted by atomic mass is 16.6. The predicted molar refractivity (Wildman–Crippen MR) is 66.8 cm³/mol. The molecule has 0 bridgehead atoms. The van der Waals surface area contributed by atoms with E-state index in [4.69, 9.17) is 11.5 Å². The minimum Gasteiger partial charge on any atom is -0.383 e. The molecule has 0 unspecified atom stereocenters. The molecule has 98 valence electrons. The van der Waals surface area contributed by atoms with Crippen LogP contribution < -0.4 is 16.8 Å². The van der Waals surface area contributed by atoms with Crippen molar-refractivity contribution >= 4 is 23.2 Å². The summed E-state index contributed by atoms with van der Waals surface area (Å²) in [6.45, 7) is 3.52. The summed E-state index contributed by atoms with van der Waals surface area (Å²) >= 11 is 0. The van der Waals surface area contributed by atoms with Crippen LogP contribution in [0.25, 0.3) is 0 Å². The summed E-state index contributed by atoms with van der Waals surface area (Å²) < 4.78 is 0. The molecule has 0 aliphatic rings. The van der Waals surface area contributed by atoms with E-state index in [1.807, 2.05) is 0 Å². The topological polar surface area (TPSA) is 137 Å². The molecule has 0 fully saturated rings. The maximum Gasteiger partial charge on any atom is 0.276 e. The molecule has 1 rings (SSSR count). The number of aromatic nitrogens is 1. The molecule has 0 aromatic carbocycles. The number of carbonyl (C=O) groups is 1. The van der Waals surface area contributed by atoms with Gasteiger partial charge in [-0.1, -0.05) is 0 Å². The van der Waals surface area contributed by atoms with Gasteiger partial charge >= 0.3 is 0 Å². The number of nitrogens with two attached hydrogens (primary N) is 2. The summed E-state index contributed by atoms with van der Waals surface area (Å²) in [6.07, 6.45) is 0. The Bertz CT molecular complexity index is 486. The van der Waals surface area contributed by atoms with Gasteiger partial charge in [0.15, 0.2) is 0 Å². The zero-order valence-corrected chi connectivity index (χ0v) is 10.1. The fraction of sp³-hybridized carbons (Fsp3) is 0.400. The van der Waals surface area contributed by atoms with E-state index in [0.717, 1.165) is 6.07 Å². The Balaban J connectivity index is 2.86. The maximum atomic E-state index is 11.1. The van der Waals surface area contributed by atoms with Crippen LogP contribution in [0.1, 0.15) is 13.8 Å². The average molecular weight is 253 g/mol. The maximum absolute atomic E-state index is 11.1. The molecule has 0 saturated carbocycles. The first-order valence-electron chi connectivity index (χ1n) is 5.18. The molecule has 1 amide bonds. The molecule has 18 heavy (non-hydrogen) atoms. The van der Waals surface area contributed by atoms with Crippen LogP contribution in [0.4, 0.5) is 17.3 Å². The number of nitrogens with zero attached hydrogens (tertiary/aromatic N) is 2. The Morgan fingerprint density at radius 1 is 1.56 bits per heavy atom. The van der Waals surface area contributed by atoms with Crippen LogP contribution >= 0.6 is 0 Å². The Labute approximate surface area is 104 Å². The molecule has 0 saturated heterocycles. The number of primary amides is 1. The Kier molecular flexibility index (Phi) is 3.70. The molecular formula is C10H15N5O3. The highest BCUT2D eigenvalue weighted by Gasteiger charge is 2.25. The fourth-order valence-corrected chi connectivity index (χ4v) is 1.13. The second-order valence-electron chi connectivity index (χ2n) is 4.49. The van der Waals surface area contributed by atoms with Crippen LogP contribution in [0.3, 0.4) is 0 Å². The number of pyridine rings is 1. The first kappa shape index (κ1) is 13.7. The van der Waals surface area contributed by atoms with E-state index in [1.54, 1.807) is 13.8 Å². The second kappa shape index (κ2) is 4.86. The number of nitrogens with one attached hydrogen (secondary N) is 1. The van der Waals surface area contributed by atoms with Crippen LogP contribution in [0, 0.1) is 15.5 Å². The van der Waals surface area contributed by atoms with Crippen molar-refractivity contribution in [2.45, 2.75) is 13.8 Å². The van der Waals surface area contributed by atoms with Crippen molar-refractivity contribution in [3.8, 4) is 0 Å². The van der Waals surface area contributed by atoms with Crippen LogP contribution in [0.15, 0.2) is 12.1 Å². The molecule has 0 aliphatic heterocycles. The van der Waals surface area contributed by atoms with Gasteiger partial charge in [0.2, 0.25) is 5.91 Å². The quantitative estimate of drug-likeness (QED) is 0.516. The number of carbonyl (C=O) groups excluding carboxylic acids is 1. The van der Waals surface area contributed by atoms with Crippen molar-refractivity contribution < 1.29 is 9.72 Å². The van der Waals surface area contributed by atoms with Crippen molar-refractivity contribution in [2.75, 3.05) is 17.6 Å². The van der Waals surface area contributed by atoms with E-state index in [-0.39, 0.29) is 23.9 Å². The summed E-state index contributed by atoms with van der Waals surface area (Å²) in [5.41, 5.74) is 9.70. The minimum absolute atomic E-state index is 0.0311. The van der Waals surface area contributed by atoms with E-state index in [9.17, 15) is 14.9 Å². The molecule has 1 heterocycles. The molecule has 8 nitrogen and oxygen atoms in total. The van der Waals surface area contributed by atoms with Gasteiger partial charge < -0.3 is 16.8 Å². The van der Waals surface area contributed by atoms with Gasteiger partial charge in [-0.15, -0.1) is 0 Å². The molecule has 8 heteroatoms. The van der Waals surface area contributed by atoms with Crippen LogP contribution in [-0.4, -0.2) is 22.4 Å². The zero-order valence-electron chi connectivity index (χ0n) is 10.1. The highest BCUT2D eigenvalue weighted by Crippen LogP contribution is 2.20. The van der Waals surface area contributed by atoms with Crippen molar-refractivity contribution in [2.24, 2.45) is 11.1 Å². The molecule has 0 atom stereocenters. The average Bonchev–Trinajstić information content (AvgIpc) is 2.25. The Morgan fingerprint density at radius 3 is 2.67 bits per heavy atom. The first-order chi connectivity index (χ1) is 8.22. The van der Waals surface area contributed by atoms with Crippen LogP contribution in [0.2, 0.25) is 0 Å². The smallest absolute Gasteiger partial charge is 0.276 e. The monoisotopic (exact) mass is 253 g/mol. The van der Waals surface area contributed by atoms with Crippen LogP contribution in [-0.2, 0) is 4.79 Å². The fourth-order valence-electron chi connectivity index (χ4n) is 1.13. The number of nitro groups is 1. The summed E-state index contributed by atoms with van der Waals surface area (Å²) in [5, 5.41) is 13.4. The minimum atomic E-state index is -0.791. The number of anilines is 2. The van der Waals surface area contributed by atoms with Gasteiger partial charge in [0, 0.05) is 6.54 Å². The van der Waals surface area contributed by atoms with Gasteiger partial charge in [0.25, 0.3) is 5.69 Å². The molecule has 0 spiro atoms. The van der Waals surface area contributed by atoms with Gasteiger partial charge in [-0.2, -0.15) is 0 Å². The van der Waals surface area contributed by atoms with Crippen molar-refractivity contribution in [3.63, 3.8) is 0 Å². The number of hydrogen-bond donors (Lipinski definition) is 3. The van der Waals surface area contributed by atoms with Gasteiger partial charge in [-0.05, 0) is 13.8 Å². The highest BCUT2D eigenvalue weighted by molar-refractivity contribution is 5.80. The third-order valence-corrected chi connectivity index (χ3v) is 2.42. The third kappa shape index (κ3) is 3.30. The third-order valence-electron chi connectivity index (χ3n) is 2.42. The largest absolute Gasteiger partial charge is 0.383 e. The lowest BCUT2D eigenvalue weighted by Gasteiger charge is -2.20. The lowest BCUT2D eigenvalue weighted by atomic mass is 9.93. The number of rotatable bonds is 5. The van der Waals surface area contributed by atoms with Crippen LogP contribution in [0.5, 0.6) is 0 Å². The van der Waals surface area contributed by atoms with Crippen molar-refractivity contribution in [1.29, 1.82) is 0 Å². The van der Waals surface area contributed by atoms with Gasteiger partial charge in [-0.3, -0.25) is 14.9 Å². The van der Waals surface area contributed by atoms with E-state index in [1.165, 1.54) is 6.07 Å². The number of amides is 1. The Hall–Kier alpha value is -2.38. The lowest BCUT2D eigenvalue weighted by molar-refractivity contribution is -0.384. The summed E-state index contributed by atoms with van der Waals surface area (Å²) in [7, 11) is 0. The van der Waals surface area contributed by atoms with Gasteiger partial charge in [0.05, 0.1) is 22.5 Å². The summed E-state index contributed by atoms with van der Waals surface area (Å²) in [4.78, 5) is 25.1. The normalized spacial score (nSPS) is 11.0. The lowest BCUT2D eigenvalue weighted by Crippen LogP contribution is -2.37. The van der Waals surface area contributed by atoms with E-state index >= 15 is 0 Å². The SMILES string of the molecule is CC(C)(CNc1cc([N+](=O)[O-])cc(N)n1)C(N)=O.